The molecule has 2 rings (SSSR count). The van der Waals surface area contributed by atoms with Gasteiger partial charge in [0.2, 0.25) is 0 Å². The molecule has 0 aliphatic heterocycles. The molecule has 0 bridgehead atoms. The van der Waals surface area contributed by atoms with Crippen LogP contribution < -0.4 is 15.4 Å². The van der Waals surface area contributed by atoms with E-state index in [4.69, 9.17) is 28.6 Å². The van der Waals surface area contributed by atoms with Crippen LogP contribution in [0.25, 0.3) is 0 Å². The highest BCUT2D eigenvalue weighted by Gasteiger charge is 2.04. The van der Waals surface area contributed by atoms with Crippen molar-refractivity contribution in [3.05, 3.63) is 58.9 Å². The number of nitrogens with one attached hydrogen (secondary N) is 2. The molecule has 0 unspecified atom stereocenters. The first-order chi connectivity index (χ1) is 11.6. The van der Waals surface area contributed by atoms with E-state index >= 15 is 0 Å². The fourth-order valence-corrected chi connectivity index (χ4v) is 2.64. The summed E-state index contributed by atoms with van der Waals surface area (Å²) in [6.45, 7) is 3.36. The fourth-order valence-electron chi connectivity index (χ4n) is 2.24. The quantitative estimate of drug-likeness (QED) is 0.545. The summed E-state index contributed by atoms with van der Waals surface area (Å²) in [5.74, 6) is 0.482. The summed E-state index contributed by atoms with van der Waals surface area (Å²) in [5.41, 5.74) is 1.84. The molecule has 0 aliphatic rings. The Morgan fingerprint density at radius 1 is 1.25 bits per heavy atom. The highest BCUT2D eigenvalue weighted by molar-refractivity contribution is 7.80. The van der Waals surface area contributed by atoms with Crippen LogP contribution in [-0.2, 0) is 6.42 Å². The number of anilines is 1. The number of hydrogen-bond acceptors (Lipinski definition) is 2. The molecule has 0 radical (unpaired) electrons. The van der Waals surface area contributed by atoms with Gasteiger partial charge in [0.15, 0.2) is 5.11 Å². The van der Waals surface area contributed by atoms with E-state index in [-0.39, 0.29) is 5.02 Å². The van der Waals surface area contributed by atoms with Crippen LogP contribution in [0, 0.1) is 5.82 Å². The van der Waals surface area contributed by atoms with Gasteiger partial charge >= 0.3 is 0 Å². The minimum Gasteiger partial charge on any atom is -0.494 e. The average molecular weight is 367 g/mol. The molecule has 0 spiro atoms. The van der Waals surface area contributed by atoms with Crippen LogP contribution in [0.15, 0.2) is 42.5 Å². The smallest absolute Gasteiger partial charge is 0.170 e. The lowest BCUT2D eigenvalue weighted by Crippen LogP contribution is -2.29. The van der Waals surface area contributed by atoms with E-state index in [9.17, 15) is 4.39 Å². The lowest BCUT2D eigenvalue weighted by molar-refractivity contribution is 0.336. The van der Waals surface area contributed by atoms with E-state index in [2.05, 4.69) is 16.7 Å². The monoisotopic (exact) mass is 366 g/mol. The number of para-hydroxylation sites is 1. The van der Waals surface area contributed by atoms with Crippen molar-refractivity contribution >= 4 is 34.6 Å². The molecule has 0 saturated carbocycles. The van der Waals surface area contributed by atoms with Crippen LogP contribution in [-0.4, -0.2) is 18.3 Å². The van der Waals surface area contributed by atoms with Gasteiger partial charge in [0, 0.05) is 12.2 Å². The molecule has 3 nitrogen and oxygen atoms in total. The van der Waals surface area contributed by atoms with Crippen LogP contribution >= 0.6 is 23.8 Å². The maximum atomic E-state index is 13.1. The van der Waals surface area contributed by atoms with Crippen molar-refractivity contribution in [2.24, 2.45) is 0 Å². The Bertz CT molecular complexity index is 696. The largest absolute Gasteiger partial charge is 0.494 e. The molecular formula is C18H20ClFN2OS. The second kappa shape index (κ2) is 9.45. The van der Waals surface area contributed by atoms with Gasteiger partial charge in [0.05, 0.1) is 11.6 Å². The summed E-state index contributed by atoms with van der Waals surface area (Å²) in [7, 11) is 0. The SMILES string of the molecule is CCOc1ccccc1CCCNC(=S)Nc1ccc(F)c(Cl)c1. The maximum absolute atomic E-state index is 13.1. The fraction of sp³-hybridized carbons (Fsp3) is 0.278. The highest BCUT2D eigenvalue weighted by Crippen LogP contribution is 2.20. The Labute approximate surface area is 152 Å². The van der Waals surface area contributed by atoms with Crippen molar-refractivity contribution in [2.45, 2.75) is 19.8 Å². The first-order valence-corrected chi connectivity index (χ1v) is 8.59. The number of hydrogen-bond donors (Lipinski definition) is 2. The molecule has 0 atom stereocenters. The molecule has 0 aliphatic carbocycles. The molecular weight excluding hydrogens is 347 g/mol. The lowest BCUT2D eigenvalue weighted by atomic mass is 10.1. The van der Waals surface area contributed by atoms with Gasteiger partial charge in [-0.3, -0.25) is 0 Å². The second-order valence-corrected chi connectivity index (χ2v) is 5.97. The second-order valence-electron chi connectivity index (χ2n) is 5.15. The van der Waals surface area contributed by atoms with E-state index in [0.29, 0.717) is 17.4 Å². The number of benzene rings is 2. The van der Waals surface area contributed by atoms with Crippen molar-refractivity contribution < 1.29 is 9.13 Å². The van der Waals surface area contributed by atoms with Crippen LogP contribution in [0.3, 0.4) is 0 Å². The number of thiocarbonyl (C=S) groups is 1. The molecule has 0 aromatic heterocycles. The Morgan fingerprint density at radius 3 is 2.79 bits per heavy atom. The lowest BCUT2D eigenvalue weighted by Gasteiger charge is -2.12. The topological polar surface area (TPSA) is 33.3 Å². The zero-order valence-corrected chi connectivity index (χ0v) is 15.0. The molecule has 0 heterocycles. The predicted molar refractivity (Wildman–Crippen MR) is 102 cm³/mol. The highest BCUT2D eigenvalue weighted by atomic mass is 35.5. The van der Waals surface area contributed by atoms with Gasteiger partial charge in [-0.1, -0.05) is 29.8 Å². The number of ether oxygens (including phenoxy) is 1. The molecule has 128 valence electrons. The Morgan fingerprint density at radius 2 is 2.04 bits per heavy atom. The van der Waals surface area contributed by atoms with Gasteiger partial charge in [-0.05, 0) is 61.8 Å². The van der Waals surface area contributed by atoms with Crippen LogP contribution in [0.4, 0.5) is 10.1 Å². The van der Waals surface area contributed by atoms with Crippen molar-refractivity contribution in [1.82, 2.24) is 5.32 Å². The third-order valence-electron chi connectivity index (χ3n) is 3.36. The zero-order chi connectivity index (χ0) is 17.4. The predicted octanol–water partition coefficient (Wildman–Crippen LogP) is 4.80. The van der Waals surface area contributed by atoms with Gasteiger partial charge in [-0.2, -0.15) is 0 Å². The Balaban J connectivity index is 1.76. The number of aryl methyl sites for hydroxylation is 1. The number of halogens is 2. The zero-order valence-electron chi connectivity index (χ0n) is 13.4. The molecule has 24 heavy (non-hydrogen) atoms. The minimum absolute atomic E-state index is 0.0651. The minimum atomic E-state index is -0.450. The Hall–Kier alpha value is -1.85. The summed E-state index contributed by atoms with van der Waals surface area (Å²) in [4.78, 5) is 0. The average Bonchev–Trinajstić information content (AvgIpc) is 2.57. The molecule has 2 aromatic carbocycles. The van der Waals surface area contributed by atoms with Crippen molar-refractivity contribution in [3.63, 3.8) is 0 Å². The molecule has 2 aromatic rings. The van der Waals surface area contributed by atoms with Crippen LogP contribution in [0.2, 0.25) is 5.02 Å². The van der Waals surface area contributed by atoms with E-state index < -0.39 is 5.82 Å². The molecule has 2 N–H and O–H groups in total. The van der Waals surface area contributed by atoms with E-state index in [1.54, 1.807) is 6.07 Å². The van der Waals surface area contributed by atoms with Gasteiger partial charge in [0.25, 0.3) is 0 Å². The molecule has 0 saturated heterocycles. The van der Waals surface area contributed by atoms with Gasteiger partial charge in [0.1, 0.15) is 11.6 Å². The van der Waals surface area contributed by atoms with Crippen LogP contribution in [0.5, 0.6) is 5.75 Å². The summed E-state index contributed by atoms with van der Waals surface area (Å²) < 4.78 is 18.7. The maximum Gasteiger partial charge on any atom is 0.170 e. The van der Waals surface area contributed by atoms with Gasteiger partial charge in [-0.25, -0.2) is 4.39 Å². The molecule has 6 heteroatoms. The Kier molecular flexibility index (Phi) is 7.28. The third kappa shape index (κ3) is 5.65. The van der Waals surface area contributed by atoms with Crippen molar-refractivity contribution in [1.29, 1.82) is 0 Å². The van der Waals surface area contributed by atoms with E-state index in [1.165, 1.54) is 17.7 Å². The number of rotatable bonds is 7. The molecule has 0 fully saturated rings. The van der Waals surface area contributed by atoms with Gasteiger partial charge < -0.3 is 15.4 Å². The standard InChI is InChI=1S/C18H20ClFN2OS/c1-2-23-17-8-4-3-6-13(17)7-5-11-21-18(24)22-14-9-10-16(20)15(19)12-14/h3-4,6,8-10,12H,2,5,7,11H2,1H3,(H2,21,22,24). The first-order valence-electron chi connectivity index (χ1n) is 7.80. The third-order valence-corrected chi connectivity index (χ3v) is 3.89. The van der Waals surface area contributed by atoms with E-state index in [0.717, 1.165) is 25.1 Å². The molecule has 0 amide bonds. The van der Waals surface area contributed by atoms with Gasteiger partial charge in [-0.15, -0.1) is 0 Å². The van der Waals surface area contributed by atoms with E-state index in [1.807, 2.05) is 25.1 Å². The summed E-state index contributed by atoms with van der Waals surface area (Å²) in [6.07, 6.45) is 1.81. The first kappa shape index (κ1) is 18.5. The summed E-state index contributed by atoms with van der Waals surface area (Å²) in [6, 6.07) is 12.4. The normalized spacial score (nSPS) is 10.3. The summed E-state index contributed by atoms with van der Waals surface area (Å²) >= 11 is 11.0. The van der Waals surface area contributed by atoms with Crippen molar-refractivity contribution in [2.75, 3.05) is 18.5 Å². The van der Waals surface area contributed by atoms with Crippen molar-refractivity contribution in [3.8, 4) is 5.75 Å². The van der Waals surface area contributed by atoms with Crippen LogP contribution in [0.1, 0.15) is 18.9 Å². The summed E-state index contributed by atoms with van der Waals surface area (Å²) in [5, 5.41) is 6.66.